The van der Waals surface area contributed by atoms with Gasteiger partial charge in [-0.2, -0.15) is 5.26 Å². The Morgan fingerprint density at radius 1 is 1.46 bits per heavy atom. The van der Waals surface area contributed by atoms with E-state index in [-0.39, 0.29) is 5.82 Å². The summed E-state index contributed by atoms with van der Waals surface area (Å²) in [6.45, 7) is 1.86. The maximum Gasteiger partial charge on any atom is 0.141 e. The van der Waals surface area contributed by atoms with Crippen LogP contribution in [0.2, 0.25) is 0 Å². The molecule has 13 heavy (non-hydrogen) atoms. The fourth-order valence-corrected chi connectivity index (χ4v) is 2.15. The van der Waals surface area contributed by atoms with Crippen LogP contribution in [0.4, 0.5) is 4.39 Å². The molecule has 0 unspecified atom stereocenters. The first kappa shape index (κ1) is 8.21. The summed E-state index contributed by atoms with van der Waals surface area (Å²) in [5.41, 5.74) is 1.45. The van der Waals surface area contributed by atoms with Gasteiger partial charge >= 0.3 is 0 Å². The first-order valence-electron chi connectivity index (χ1n) is 3.80. The molecule has 3 heteroatoms. The number of hydrogen-bond acceptors (Lipinski definition) is 2. The van der Waals surface area contributed by atoms with Crippen LogP contribution in [0.1, 0.15) is 11.1 Å². The number of thiophene rings is 1. The number of hydrogen-bond donors (Lipinski definition) is 0. The highest BCUT2D eigenvalue weighted by molar-refractivity contribution is 7.17. The zero-order valence-corrected chi connectivity index (χ0v) is 7.78. The van der Waals surface area contributed by atoms with E-state index in [1.165, 1.54) is 16.7 Å². The van der Waals surface area contributed by atoms with E-state index in [0.29, 0.717) is 10.9 Å². The van der Waals surface area contributed by atoms with Crippen molar-refractivity contribution in [3.63, 3.8) is 0 Å². The van der Waals surface area contributed by atoms with Gasteiger partial charge in [0.25, 0.3) is 0 Å². The zero-order chi connectivity index (χ0) is 9.42. The van der Waals surface area contributed by atoms with Crippen molar-refractivity contribution in [2.75, 3.05) is 0 Å². The van der Waals surface area contributed by atoms with Gasteiger partial charge in [0.1, 0.15) is 5.82 Å². The molecule has 64 valence electrons. The summed E-state index contributed by atoms with van der Waals surface area (Å²) in [5.74, 6) is -0.239. The molecule has 1 aromatic heterocycles. The van der Waals surface area contributed by atoms with Gasteiger partial charge in [-0.1, -0.05) is 0 Å². The van der Waals surface area contributed by atoms with Gasteiger partial charge in [-0.25, -0.2) is 4.39 Å². The molecule has 0 saturated carbocycles. The largest absolute Gasteiger partial charge is 0.205 e. The van der Waals surface area contributed by atoms with Crippen LogP contribution in [0, 0.1) is 24.1 Å². The third-order valence-electron chi connectivity index (χ3n) is 1.99. The zero-order valence-electron chi connectivity index (χ0n) is 6.97. The molecule has 1 aromatic carbocycles. The van der Waals surface area contributed by atoms with Gasteiger partial charge in [0.2, 0.25) is 0 Å². The summed E-state index contributed by atoms with van der Waals surface area (Å²) in [7, 11) is 0. The molecule has 0 bridgehead atoms. The highest BCUT2D eigenvalue weighted by Crippen LogP contribution is 2.27. The molecule has 0 amide bonds. The van der Waals surface area contributed by atoms with Gasteiger partial charge in [0, 0.05) is 15.5 Å². The first-order valence-corrected chi connectivity index (χ1v) is 4.68. The quantitative estimate of drug-likeness (QED) is 0.627. The summed E-state index contributed by atoms with van der Waals surface area (Å²) in [6, 6.07) is 5.50. The number of nitrogens with zero attached hydrogens (tertiary/aromatic N) is 1. The van der Waals surface area contributed by atoms with E-state index in [0.717, 1.165) is 10.3 Å². The van der Waals surface area contributed by atoms with E-state index in [2.05, 4.69) is 0 Å². The van der Waals surface area contributed by atoms with Crippen molar-refractivity contribution < 1.29 is 4.39 Å². The molecule has 0 N–H and O–H groups in total. The minimum Gasteiger partial charge on any atom is -0.205 e. The lowest BCUT2D eigenvalue weighted by atomic mass is 10.1. The number of halogens is 1. The first-order chi connectivity index (χ1) is 6.22. The fraction of sp³-hybridized carbons (Fsp3) is 0.100. The summed E-state index contributed by atoms with van der Waals surface area (Å²) in [4.78, 5) is 0. The van der Waals surface area contributed by atoms with Crippen molar-refractivity contribution >= 4 is 21.4 Å². The molecule has 1 nitrogen and oxygen atoms in total. The van der Waals surface area contributed by atoms with Crippen molar-refractivity contribution in [2.24, 2.45) is 0 Å². The highest BCUT2D eigenvalue weighted by Gasteiger charge is 2.06. The summed E-state index contributed by atoms with van der Waals surface area (Å²) in [5, 5.41) is 10.7. The minimum absolute atomic E-state index is 0.239. The third-order valence-corrected chi connectivity index (χ3v) is 2.91. The predicted octanol–water partition coefficient (Wildman–Crippen LogP) is 3.22. The molecule has 0 spiro atoms. The lowest BCUT2D eigenvalue weighted by Crippen LogP contribution is -1.81. The number of nitriles is 1. The number of fused-ring (bicyclic) bond motifs is 1. The molecule has 0 aliphatic heterocycles. The van der Waals surface area contributed by atoms with Crippen LogP contribution in [0.15, 0.2) is 17.5 Å². The molecular formula is C10H6FNS. The molecule has 0 atom stereocenters. The van der Waals surface area contributed by atoms with Crippen LogP contribution in [-0.2, 0) is 0 Å². The molecule has 0 aliphatic rings. The Kier molecular flexibility index (Phi) is 1.78. The van der Waals surface area contributed by atoms with E-state index in [1.807, 2.05) is 19.1 Å². The molecule has 0 fully saturated rings. The molecule has 0 saturated heterocycles. The van der Waals surface area contributed by atoms with Gasteiger partial charge in [0.15, 0.2) is 0 Å². The van der Waals surface area contributed by atoms with Gasteiger partial charge in [0.05, 0.1) is 11.6 Å². The van der Waals surface area contributed by atoms with E-state index >= 15 is 0 Å². The van der Waals surface area contributed by atoms with Crippen molar-refractivity contribution in [3.05, 3.63) is 34.5 Å². The summed E-state index contributed by atoms with van der Waals surface area (Å²) in [6.07, 6.45) is 0. The molecule has 2 aromatic rings. The van der Waals surface area contributed by atoms with E-state index in [1.54, 1.807) is 6.07 Å². The van der Waals surface area contributed by atoms with Crippen LogP contribution in [-0.4, -0.2) is 0 Å². The molecule has 2 rings (SSSR count). The molecular weight excluding hydrogens is 185 g/mol. The number of aryl methyl sites for hydroxylation is 1. The standard InChI is InChI=1S/C10H6FNS/c1-6-2-10-8(3-7(6)4-12)9(11)5-13-10/h2-3,5H,1H3. The van der Waals surface area contributed by atoms with Crippen LogP contribution >= 0.6 is 11.3 Å². The lowest BCUT2D eigenvalue weighted by Gasteiger charge is -1.96. The Labute approximate surface area is 79.0 Å². The van der Waals surface area contributed by atoms with Gasteiger partial charge in [-0.15, -0.1) is 11.3 Å². The smallest absolute Gasteiger partial charge is 0.141 e. The SMILES string of the molecule is Cc1cc2scc(F)c2cc1C#N. The van der Waals surface area contributed by atoms with Gasteiger partial charge in [-0.05, 0) is 24.6 Å². The predicted molar refractivity (Wildman–Crippen MR) is 51.2 cm³/mol. The Hall–Kier alpha value is -1.40. The van der Waals surface area contributed by atoms with Crippen LogP contribution in [0.25, 0.3) is 10.1 Å². The molecule has 0 aliphatic carbocycles. The Morgan fingerprint density at radius 2 is 2.23 bits per heavy atom. The maximum atomic E-state index is 13.1. The Morgan fingerprint density at radius 3 is 2.92 bits per heavy atom. The second kappa shape index (κ2) is 2.82. The number of rotatable bonds is 0. The lowest BCUT2D eigenvalue weighted by molar-refractivity contribution is 0.644. The van der Waals surface area contributed by atoms with E-state index in [4.69, 9.17) is 5.26 Å². The van der Waals surface area contributed by atoms with Crippen molar-refractivity contribution in [1.29, 1.82) is 5.26 Å². The van der Waals surface area contributed by atoms with Crippen molar-refractivity contribution in [1.82, 2.24) is 0 Å². The molecule has 1 heterocycles. The molecule has 0 radical (unpaired) electrons. The normalized spacial score (nSPS) is 10.2. The van der Waals surface area contributed by atoms with Crippen molar-refractivity contribution in [3.8, 4) is 6.07 Å². The second-order valence-electron chi connectivity index (χ2n) is 2.86. The average Bonchev–Trinajstić information content (AvgIpc) is 2.46. The average molecular weight is 191 g/mol. The second-order valence-corrected chi connectivity index (χ2v) is 3.77. The Balaban J connectivity index is 2.86. The van der Waals surface area contributed by atoms with E-state index < -0.39 is 0 Å². The minimum atomic E-state index is -0.239. The highest BCUT2D eigenvalue weighted by atomic mass is 32.1. The van der Waals surface area contributed by atoms with Gasteiger partial charge < -0.3 is 0 Å². The van der Waals surface area contributed by atoms with E-state index in [9.17, 15) is 4.39 Å². The summed E-state index contributed by atoms with van der Waals surface area (Å²) >= 11 is 1.36. The summed E-state index contributed by atoms with van der Waals surface area (Å²) < 4.78 is 14.0. The fourth-order valence-electron chi connectivity index (χ4n) is 1.26. The monoisotopic (exact) mass is 191 g/mol. The van der Waals surface area contributed by atoms with Crippen LogP contribution in [0.5, 0.6) is 0 Å². The Bertz CT molecular complexity index is 507. The van der Waals surface area contributed by atoms with Crippen LogP contribution < -0.4 is 0 Å². The maximum absolute atomic E-state index is 13.1. The van der Waals surface area contributed by atoms with Crippen LogP contribution in [0.3, 0.4) is 0 Å². The third kappa shape index (κ3) is 1.20. The van der Waals surface area contributed by atoms with Crippen molar-refractivity contribution in [2.45, 2.75) is 6.92 Å². The van der Waals surface area contributed by atoms with Gasteiger partial charge in [-0.3, -0.25) is 0 Å². The number of benzene rings is 1. The topological polar surface area (TPSA) is 23.8 Å².